The molecule has 0 amide bonds. The number of benzene rings is 1. The lowest BCUT2D eigenvalue weighted by molar-refractivity contribution is 0.0919. The van der Waals surface area contributed by atoms with Crippen molar-refractivity contribution in [3.8, 4) is 0 Å². The maximum Gasteiger partial charge on any atom is 0.228 e. The van der Waals surface area contributed by atoms with Crippen molar-refractivity contribution in [2.45, 2.75) is 71.6 Å². The minimum atomic E-state index is -0.423. The second-order valence-corrected chi connectivity index (χ2v) is 7.13. The van der Waals surface area contributed by atoms with Gasteiger partial charge in [0.25, 0.3) is 0 Å². The smallest absolute Gasteiger partial charge is 0.228 e. The summed E-state index contributed by atoms with van der Waals surface area (Å²) in [5.41, 5.74) is 1.03. The molecule has 0 heterocycles. The molecule has 0 bridgehead atoms. The van der Waals surface area contributed by atoms with Gasteiger partial charge in [-0.1, -0.05) is 89.5 Å². The molecule has 0 spiro atoms. The van der Waals surface area contributed by atoms with E-state index in [0.29, 0.717) is 16.7 Å². The molecular formula is C22H30O3. The minimum absolute atomic E-state index is 0.0927. The van der Waals surface area contributed by atoms with Crippen molar-refractivity contribution in [3.63, 3.8) is 0 Å². The molecule has 1 aromatic carbocycles. The summed E-state index contributed by atoms with van der Waals surface area (Å²) in [5.74, 6) is -1.06. The van der Waals surface area contributed by atoms with Crippen LogP contribution in [0.3, 0.4) is 0 Å². The predicted molar refractivity (Wildman–Crippen MR) is 101 cm³/mol. The molecule has 1 N–H and O–H groups in total. The molecule has 3 heteroatoms. The molecule has 0 radical (unpaired) electrons. The normalized spacial score (nSPS) is 15.4. The molecule has 1 atom stereocenters. The number of aliphatic hydroxyl groups is 1. The Morgan fingerprint density at radius 3 is 1.96 bits per heavy atom. The molecule has 0 saturated carbocycles. The summed E-state index contributed by atoms with van der Waals surface area (Å²) >= 11 is 0. The van der Waals surface area contributed by atoms with Gasteiger partial charge >= 0.3 is 0 Å². The highest BCUT2D eigenvalue weighted by molar-refractivity contribution is 6.26. The van der Waals surface area contributed by atoms with E-state index in [1.165, 1.54) is 38.5 Å². The van der Waals surface area contributed by atoms with Crippen LogP contribution in [0.1, 0.15) is 92.4 Å². The first kappa shape index (κ1) is 19.4. The van der Waals surface area contributed by atoms with E-state index >= 15 is 0 Å². The Balaban J connectivity index is 1.87. The van der Waals surface area contributed by atoms with Crippen molar-refractivity contribution in [3.05, 3.63) is 46.7 Å². The molecule has 0 saturated heterocycles. The van der Waals surface area contributed by atoms with E-state index in [9.17, 15) is 14.7 Å². The lowest BCUT2D eigenvalue weighted by Gasteiger charge is -2.22. The summed E-state index contributed by atoms with van der Waals surface area (Å²) in [7, 11) is 0. The minimum Gasteiger partial charge on any atom is -0.504 e. The van der Waals surface area contributed by atoms with Crippen LogP contribution < -0.4 is 0 Å². The topological polar surface area (TPSA) is 54.4 Å². The number of carbonyl (C=O) groups excluding carboxylic acids is 2. The van der Waals surface area contributed by atoms with Crippen LogP contribution in [0.4, 0.5) is 0 Å². The maximum atomic E-state index is 12.7. The Labute approximate surface area is 151 Å². The van der Waals surface area contributed by atoms with Crippen molar-refractivity contribution < 1.29 is 14.7 Å². The number of allylic oxidation sites excluding steroid dienone is 2. The first-order valence-electron chi connectivity index (χ1n) is 9.69. The highest BCUT2D eigenvalue weighted by Crippen LogP contribution is 2.31. The maximum absolute atomic E-state index is 12.7. The van der Waals surface area contributed by atoms with Gasteiger partial charge in [0.15, 0.2) is 11.5 Å². The molecule has 0 fully saturated rings. The average Bonchev–Trinajstić information content (AvgIpc) is 2.62. The van der Waals surface area contributed by atoms with Gasteiger partial charge in [-0.05, 0) is 12.3 Å². The lowest BCUT2D eigenvalue weighted by Crippen LogP contribution is -2.25. The highest BCUT2D eigenvalue weighted by atomic mass is 16.3. The third kappa shape index (κ3) is 4.81. The number of unbranched alkanes of at least 4 members (excludes halogenated alkanes) is 7. The van der Waals surface area contributed by atoms with Crippen LogP contribution in [-0.4, -0.2) is 16.7 Å². The van der Waals surface area contributed by atoms with Crippen LogP contribution >= 0.6 is 0 Å². The zero-order valence-corrected chi connectivity index (χ0v) is 15.5. The van der Waals surface area contributed by atoms with Crippen LogP contribution in [0.2, 0.25) is 0 Å². The lowest BCUT2D eigenvalue weighted by atomic mass is 9.81. The first-order chi connectivity index (χ1) is 12.1. The van der Waals surface area contributed by atoms with Gasteiger partial charge in [0.05, 0.1) is 0 Å². The van der Waals surface area contributed by atoms with E-state index in [-0.39, 0.29) is 17.5 Å². The fraction of sp³-hybridized carbons (Fsp3) is 0.545. The van der Waals surface area contributed by atoms with Gasteiger partial charge in [-0.2, -0.15) is 0 Å². The average molecular weight is 342 g/mol. The molecule has 136 valence electrons. The molecule has 1 unspecified atom stereocenters. The van der Waals surface area contributed by atoms with Crippen LogP contribution in [0.15, 0.2) is 35.6 Å². The molecule has 1 aromatic rings. The summed E-state index contributed by atoms with van der Waals surface area (Å²) < 4.78 is 0. The second kappa shape index (κ2) is 9.55. The molecule has 1 aliphatic carbocycles. The molecule has 25 heavy (non-hydrogen) atoms. The van der Waals surface area contributed by atoms with E-state index < -0.39 is 5.78 Å². The molecule has 1 aliphatic rings. The van der Waals surface area contributed by atoms with Gasteiger partial charge in [-0.15, -0.1) is 0 Å². The van der Waals surface area contributed by atoms with E-state index in [1.807, 2.05) is 6.92 Å². The summed E-state index contributed by atoms with van der Waals surface area (Å²) in [6.07, 6.45) is 10.7. The summed E-state index contributed by atoms with van der Waals surface area (Å²) in [6.45, 7) is 4.16. The Morgan fingerprint density at radius 2 is 1.36 bits per heavy atom. The van der Waals surface area contributed by atoms with E-state index in [1.54, 1.807) is 24.3 Å². The van der Waals surface area contributed by atoms with E-state index in [4.69, 9.17) is 0 Å². The Hall–Kier alpha value is -1.90. The number of ketones is 2. The number of hydrogen-bond donors (Lipinski definition) is 1. The Bertz CT molecular complexity index is 642. The van der Waals surface area contributed by atoms with E-state index in [0.717, 1.165) is 19.3 Å². The Morgan fingerprint density at radius 1 is 0.840 bits per heavy atom. The fourth-order valence-corrected chi connectivity index (χ4v) is 3.57. The largest absolute Gasteiger partial charge is 0.504 e. The van der Waals surface area contributed by atoms with Crippen molar-refractivity contribution in [2.24, 2.45) is 5.92 Å². The number of aliphatic hydroxyl groups excluding tert-OH is 1. The van der Waals surface area contributed by atoms with Crippen LogP contribution in [-0.2, 0) is 0 Å². The molecule has 0 aliphatic heterocycles. The SMILES string of the molecule is CCCCCCCCCCC(C)C1=C(O)C(=O)c2ccccc2C1=O. The van der Waals surface area contributed by atoms with Gasteiger partial charge in [0.1, 0.15) is 0 Å². The van der Waals surface area contributed by atoms with Gasteiger partial charge in [0.2, 0.25) is 5.78 Å². The number of fused-ring (bicyclic) bond motifs is 1. The standard InChI is InChI=1S/C22H30O3/c1-3-4-5-6-7-8-9-10-13-16(2)19-20(23)17-14-11-12-15-18(17)21(24)22(19)25/h11-12,14-16,25H,3-10,13H2,1-2H3. The fourth-order valence-electron chi connectivity index (χ4n) is 3.57. The quantitative estimate of drug-likeness (QED) is 0.527. The Kier molecular flexibility index (Phi) is 7.42. The van der Waals surface area contributed by atoms with Crippen molar-refractivity contribution in [2.75, 3.05) is 0 Å². The zero-order chi connectivity index (χ0) is 18.2. The van der Waals surface area contributed by atoms with E-state index in [2.05, 4.69) is 6.92 Å². The van der Waals surface area contributed by atoms with Gasteiger partial charge in [-0.25, -0.2) is 0 Å². The van der Waals surface area contributed by atoms with Crippen molar-refractivity contribution >= 4 is 11.6 Å². The van der Waals surface area contributed by atoms with Crippen LogP contribution in [0.5, 0.6) is 0 Å². The van der Waals surface area contributed by atoms with Crippen LogP contribution in [0.25, 0.3) is 0 Å². The molecule has 3 nitrogen and oxygen atoms in total. The molecule has 0 aromatic heterocycles. The third-order valence-electron chi connectivity index (χ3n) is 5.11. The summed E-state index contributed by atoms with van der Waals surface area (Å²) in [4.78, 5) is 25.0. The van der Waals surface area contributed by atoms with Crippen molar-refractivity contribution in [1.82, 2.24) is 0 Å². The van der Waals surface area contributed by atoms with Gasteiger partial charge < -0.3 is 5.11 Å². The van der Waals surface area contributed by atoms with Crippen molar-refractivity contribution in [1.29, 1.82) is 0 Å². The first-order valence-corrected chi connectivity index (χ1v) is 9.69. The summed E-state index contributed by atoms with van der Waals surface area (Å²) in [5, 5.41) is 10.3. The number of hydrogen-bond acceptors (Lipinski definition) is 3. The molecule has 2 rings (SSSR count). The van der Waals surface area contributed by atoms with Gasteiger partial charge in [-0.3, -0.25) is 9.59 Å². The monoisotopic (exact) mass is 342 g/mol. The highest BCUT2D eigenvalue weighted by Gasteiger charge is 2.34. The third-order valence-corrected chi connectivity index (χ3v) is 5.11. The second-order valence-electron chi connectivity index (χ2n) is 7.13. The number of carbonyl (C=O) groups is 2. The molecular weight excluding hydrogens is 312 g/mol. The number of Topliss-reactive ketones (excluding diaryl/α,β-unsaturated/α-hetero) is 2. The summed E-state index contributed by atoms with van der Waals surface area (Å²) in [6, 6.07) is 6.75. The predicted octanol–water partition coefficient (Wildman–Crippen LogP) is 6.04. The number of rotatable bonds is 10. The zero-order valence-electron chi connectivity index (χ0n) is 15.5. The van der Waals surface area contributed by atoms with Gasteiger partial charge in [0, 0.05) is 16.7 Å². The van der Waals surface area contributed by atoms with Crippen LogP contribution in [0, 0.1) is 5.92 Å².